The molecule has 180 valence electrons. The number of aryl methyl sites for hydroxylation is 1. The van der Waals surface area contributed by atoms with Crippen LogP contribution in [0.5, 0.6) is 11.5 Å². The molecule has 0 aliphatic heterocycles. The van der Waals surface area contributed by atoms with Crippen LogP contribution in [0.15, 0.2) is 91.1 Å². The normalized spacial score (nSPS) is 10.9. The van der Waals surface area contributed by atoms with E-state index >= 15 is 0 Å². The number of benzene rings is 3. The monoisotopic (exact) mass is 515 g/mol. The number of aromatic nitrogens is 2. The van der Waals surface area contributed by atoms with Crippen molar-refractivity contribution in [1.82, 2.24) is 9.97 Å². The smallest absolute Gasteiger partial charge is 0.224 e. The largest absolute Gasteiger partial charge is 0.455 e. The van der Waals surface area contributed by atoms with Crippen molar-refractivity contribution in [2.24, 2.45) is 0 Å². The van der Waals surface area contributed by atoms with E-state index in [4.69, 9.17) is 27.9 Å². The van der Waals surface area contributed by atoms with Crippen molar-refractivity contribution >= 4 is 45.7 Å². The van der Waals surface area contributed by atoms with Gasteiger partial charge in [0.25, 0.3) is 0 Å². The highest BCUT2D eigenvalue weighted by molar-refractivity contribution is 6.31. The number of H-pyrrole nitrogens is 1. The van der Waals surface area contributed by atoms with Crippen LogP contribution in [-0.2, 0) is 11.2 Å². The quantitative estimate of drug-likeness (QED) is 0.218. The first-order valence-electron chi connectivity index (χ1n) is 11.6. The maximum absolute atomic E-state index is 12.9. The van der Waals surface area contributed by atoms with Gasteiger partial charge in [-0.15, -0.1) is 0 Å². The van der Waals surface area contributed by atoms with Gasteiger partial charge in [-0.1, -0.05) is 47.5 Å². The van der Waals surface area contributed by atoms with Gasteiger partial charge < -0.3 is 15.0 Å². The number of amides is 1. The van der Waals surface area contributed by atoms with Crippen molar-refractivity contribution in [3.63, 3.8) is 0 Å². The van der Waals surface area contributed by atoms with E-state index in [9.17, 15) is 4.79 Å². The Morgan fingerprint density at radius 2 is 1.69 bits per heavy atom. The Bertz CT molecular complexity index is 1500. The molecule has 0 atom stereocenters. The lowest BCUT2D eigenvalue weighted by atomic mass is 10.0. The van der Waals surface area contributed by atoms with Gasteiger partial charge in [0.05, 0.1) is 17.1 Å². The fourth-order valence-electron chi connectivity index (χ4n) is 4.15. The standard InChI is InChI=1S/C29H23Cl2N3O2/c30-19-12-14-24-23(17-19)22(29(34-24)25-10-4-5-16-32-25)9-6-11-28(35)33-26-18-20(31)13-15-27(26)36-21-7-2-1-3-8-21/h1-5,7-8,10,12-18,34H,6,9,11H2,(H,33,35). The minimum atomic E-state index is -0.118. The molecule has 0 spiro atoms. The lowest BCUT2D eigenvalue weighted by Crippen LogP contribution is -2.12. The van der Waals surface area contributed by atoms with Crippen molar-refractivity contribution < 1.29 is 9.53 Å². The molecule has 5 rings (SSSR count). The van der Waals surface area contributed by atoms with Gasteiger partial charge in [-0.05, 0) is 79.1 Å². The molecule has 0 aliphatic carbocycles. The molecule has 0 aliphatic rings. The molecule has 0 bridgehead atoms. The average molecular weight is 516 g/mol. The number of pyridine rings is 1. The van der Waals surface area contributed by atoms with Crippen LogP contribution >= 0.6 is 23.2 Å². The maximum atomic E-state index is 12.9. The summed E-state index contributed by atoms with van der Waals surface area (Å²) in [7, 11) is 0. The molecule has 7 heteroatoms. The van der Waals surface area contributed by atoms with Gasteiger partial charge in [0, 0.05) is 33.6 Å². The third-order valence-corrected chi connectivity index (χ3v) is 6.28. The van der Waals surface area contributed by atoms with E-state index in [1.165, 1.54) is 0 Å². The number of nitrogens with one attached hydrogen (secondary N) is 2. The first-order chi connectivity index (χ1) is 17.6. The van der Waals surface area contributed by atoms with Crippen molar-refractivity contribution in [3.05, 3.63) is 107 Å². The third-order valence-electron chi connectivity index (χ3n) is 5.81. The summed E-state index contributed by atoms with van der Waals surface area (Å²) in [5.41, 5.74) is 4.41. The molecule has 36 heavy (non-hydrogen) atoms. The molecular formula is C29H23Cl2N3O2. The van der Waals surface area contributed by atoms with Crippen LogP contribution in [-0.4, -0.2) is 15.9 Å². The number of rotatable bonds is 8. The van der Waals surface area contributed by atoms with E-state index in [1.807, 2.05) is 66.7 Å². The summed E-state index contributed by atoms with van der Waals surface area (Å²) in [6, 6.07) is 26.2. The lowest BCUT2D eigenvalue weighted by molar-refractivity contribution is -0.116. The summed E-state index contributed by atoms with van der Waals surface area (Å²) in [5.74, 6) is 1.09. The van der Waals surface area contributed by atoms with Gasteiger partial charge in [0.2, 0.25) is 5.91 Å². The lowest BCUT2D eigenvalue weighted by Gasteiger charge is -2.13. The average Bonchev–Trinajstić information content (AvgIpc) is 3.24. The minimum absolute atomic E-state index is 0.118. The first-order valence-corrected chi connectivity index (χ1v) is 12.4. The van der Waals surface area contributed by atoms with Crippen LogP contribution in [0.4, 0.5) is 5.69 Å². The number of hydrogen-bond donors (Lipinski definition) is 2. The second-order valence-corrected chi connectivity index (χ2v) is 9.21. The Morgan fingerprint density at radius 1 is 0.917 bits per heavy atom. The number of anilines is 1. The minimum Gasteiger partial charge on any atom is -0.455 e. The van der Waals surface area contributed by atoms with Crippen LogP contribution in [0.25, 0.3) is 22.3 Å². The van der Waals surface area contributed by atoms with Crippen molar-refractivity contribution in [2.75, 3.05) is 5.32 Å². The van der Waals surface area contributed by atoms with Gasteiger partial charge >= 0.3 is 0 Å². The summed E-state index contributed by atoms with van der Waals surface area (Å²) in [5, 5.41) is 5.18. The summed E-state index contributed by atoms with van der Waals surface area (Å²) < 4.78 is 5.96. The molecule has 2 N–H and O–H groups in total. The zero-order chi connectivity index (χ0) is 24.9. The van der Waals surface area contributed by atoms with E-state index in [0.29, 0.717) is 46.5 Å². The number of aromatic amines is 1. The SMILES string of the molecule is O=C(CCCc1c(-c2ccccn2)[nH]c2ccc(Cl)cc12)Nc1cc(Cl)ccc1Oc1ccccc1. The Hall–Kier alpha value is -3.80. The second kappa shape index (κ2) is 10.9. The fourth-order valence-corrected chi connectivity index (χ4v) is 4.50. The Balaban J connectivity index is 1.31. The number of fused-ring (bicyclic) bond motifs is 1. The highest BCUT2D eigenvalue weighted by Gasteiger charge is 2.16. The molecule has 0 fully saturated rings. The number of carbonyl (C=O) groups excluding carboxylic acids is 1. The number of ether oxygens (including phenoxy) is 1. The first kappa shape index (κ1) is 23.9. The Labute approximate surface area is 219 Å². The van der Waals surface area contributed by atoms with Crippen LogP contribution in [0, 0.1) is 0 Å². The zero-order valence-corrected chi connectivity index (χ0v) is 20.8. The molecule has 0 radical (unpaired) electrons. The topological polar surface area (TPSA) is 67.0 Å². The molecule has 2 heterocycles. The van der Waals surface area contributed by atoms with E-state index in [0.717, 1.165) is 27.9 Å². The highest BCUT2D eigenvalue weighted by atomic mass is 35.5. The van der Waals surface area contributed by atoms with E-state index in [2.05, 4.69) is 15.3 Å². The predicted molar refractivity (Wildman–Crippen MR) is 146 cm³/mol. The molecule has 2 aromatic heterocycles. The fraction of sp³-hybridized carbons (Fsp3) is 0.103. The van der Waals surface area contributed by atoms with Gasteiger partial charge in [-0.3, -0.25) is 9.78 Å². The molecule has 3 aromatic carbocycles. The maximum Gasteiger partial charge on any atom is 0.224 e. The molecule has 0 saturated heterocycles. The number of nitrogens with zero attached hydrogens (tertiary/aromatic N) is 1. The van der Waals surface area contributed by atoms with Crippen LogP contribution in [0.1, 0.15) is 18.4 Å². The van der Waals surface area contributed by atoms with Crippen LogP contribution in [0.2, 0.25) is 10.0 Å². The molecular weight excluding hydrogens is 493 g/mol. The summed E-state index contributed by atoms with van der Waals surface area (Å²) in [6.07, 6.45) is 3.42. The van der Waals surface area contributed by atoms with Crippen molar-refractivity contribution in [1.29, 1.82) is 0 Å². The molecule has 0 saturated carbocycles. The highest BCUT2D eigenvalue weighted by Crippen LogP contribution is 2.34. The summed E-state index contributed by atoms with van der Waals surface area (Å²) in [6.45, 7) is 0. The van der Waals surface area contributed by atoms with Crippen LogP contribution in [0.3, 0.4) is 0 Å². The summed E-state index contributed by atoms with van der Waals surface area (Å²) >= 11 is 12.5. The molecule has 5 nitrogen and oxygen atoms in total. The predicted octanol–water partition coefficient (Wildman–Crippen LogP) is 8.29. The molecule has 5 aromatic rings. The summed E-state index contributed by atoms with van der Waals surface area (Å²) in [4.78, 5) is 20.9. The van der Waals surface area contributed by atoms with Gasteiger partial charge in [0.1, 0.15) is 5.75 Å². The van der Waals surface area contributed by atoms with Gasteiger partial charge in [-0.25, -0.2) is 0 Å². The van der Waals surface area contributed by atoms with E-state index < -0.39 is 0 Å². The Morgan fingerprint density at radius 3 is 2.50 bits per heavy atom. The zero-order valence-electron chi connectivity index (χ0n) is 19.3. The van der Waals surface area contributed by atoms with Crippen molar-refractivity contribution in [3.8, 4) is 22.9 Å². The number of hydrogen-bond acceptors (Lipinski definition) is 3. The molecule has 0 unspecified atom stereocenters. The van der Waals surface area contributed by atoms with E-state index in [-0.39, 0.29) is 5.91 Å². The van der Waals surface area contributed by atoms with Crippen LogP contribution < -0.4 is 10.1 Å². The Kier molecular flexibility index (Phi) is 7.21. The second-order valence-electron chi connectivity index (χ2n) is 8.34. The number of halogens is 2. The van der Waals surface area contributed by atoms with Crippen molar-refractivity contribution in [2.45, 2.75) is 19.3 Å². The van der Waals surface area contributed by atoms with Gasteiger partial charge in [-0.2, -0.15) is 0 Å². The van der Waals surface area contributed by atoms with E-state index in [1.54, 1.807) is 24.4 Å². The number of carbonyl (C=O) groups is 1. The molecule has 1 amide bonds. The number of para-hydroxylation sites is 1. The van der Waals surface area contributed by atoms with Gasteiger partial charge in [0.15, 0.2) is 5.75 Å². The third kappa shape index (κ3) is 5.54.